The molecule has 1 saturated carbocycles. The lowest BCUT2D eigenvalue weighted by atomic mass is 9.84. The van der Waals surface area contributed by atoms with E-state index in [1.807, 2.05) is 30.3 Å². The molecule has 4 nitrogen and oxygen atoms in total. The first-order chi connectivity index (χ1) is 10.8. The highest BCUT2D eigenvalue weighted by Gasteiger charge is 2.23. The molecule has 2 rings (SSSR count). The van der Waals surface area contributed by atoms with Crippen LogP contribution >= 0.6 is 0 Å². The van der Waals surface area contributed by atoms with Crippen molar-refractivity contribution in [3.05, 3.63) is 30.3 Å². The van der Waals surface area contributed by atoms with E-state index in [-0.39, 0.29) is 11.9 Å². The van der Waals surface area contributed by atoms with Gasteiger partial charge < -0.3 is 15.8 Å². The molecule has 1 atom stereocenters. The van der Waals surface area contributed by atoms with E-state index in [1.165, 1.54) is 32.1 Å². The fraction of sp³-hybridized carbons (Fsp3) is 0.611. The van der Waals surface area contributed by atoms with Gasteiger partial charge in [-0.3, -0.25) is 4.79 Å². The lowest BCUT2D eigenvalue weighted by Crippen LogP contribution is -2.45. The summed E-state index contributed by atoms with van der Waals surface area (Å²) in [6.45, 7) is 1.10. The van der Waals surface area contributed by atoms with Crippen molar-refractivity contribution in [1.82, 2.24) is 5.32 Å². The topological polar surface area (TPSA) is 64.3 Å². The SMILES string of the molecule is NCC(NC(=O)CCCOc1ccccc1)C1CCCCC1. The van der Waals surface area contributed by atoms with Crippen LogP contribution in [0.25, 0.3) is 0 Å². The van der Waals surface area contributed by atoms with Gasteiger partial charge >= 0.3 is 0 Å². The Labute approximate surface area is 133 Å². The molecule has 0 heterocycles. The number of hydrogen-bond donors (Lipinski definition) is 2. The molecule has 4 heteroatoms. The molecule has 0 bridgehead atoms. The zero-order valence-corrected chi connectivity index (χ0v) is 13.3. The third-order valence-electron chi connectivity index (χ3n) is 4.38. The highest BCUT2D eigenvalue weighted by atomic mass is 16.5. The van der Waals surface area contributed by atoms with Crippen molar-refractivity contribution >= 4 is 5.91 Å². The van der Waals surface area contributed by atoms with Crippen LogP contribution in [-0.2, 0) is 4.79 Å². The van der Waals surface area contributed by atoms with Crippen molar-refractivity contribution in [1.29, 1.82) is 0 Å². The largest absolute Gasteiger partial charge is 0.494 e. The van der Waals surface area contributed by atoms with Gasteiger partial charge in [0.2, 0.25) is 5.91 Å². The molecule has 1 amide bonds. The van der Waals surface area contributed by atoms with Crippen molar-refractivity contribution in [3.63, 3.8) is 0 Å². The Morgan fingerprint density at radius 2 is 1.95 bits per heavy atom. The Morgan fingerprint density at radius 3 is 2.64 bits per heavy atom. The third-order valence-corrected chi connectivity index (χ3v) is 4.38. The van der Waals surface area contributed by atoms with E-state index in [4.69, 9.17) is 10.5 Å². The molecule has 1 aliphatic rings. The summed E-state index contributed by atoms with van der Waals surface area (Å²) in [5, 5.41) is 3.12. The average Bonchev–Trinajstić information content (AvgIpc) is 2.58. The van der Waals surface area contributed by atoms with Gasteiger partial charge in [0, 0.05) is 19.0 Å². The van der Waals surface area contributed by atoms with Crippen LogP contribution in [0.1, 0.15) is 44.9 Å². The Balaban J connectivity index is 1.63. The predicted octanol–water partition coefficient (Wildman–Crippen LogP) is 2.87. The maximum atomic E-state index is 12.0. The molecule has 0 radical (unpaired) electrons. The van der Waals surface area contributed by atoms with Crippen molar-refractivity contribution in [2.45, 2.75) is 51.0 Å². The van der Waals surface area contributed by atoms with E-state index in [0.29, 0.717) is 25.5 Å². The standard InChI is InChI=1S/C18H28N2O2/c19-14-17(15-8-3-1-4-9-15)20-18(21)12-7-13-22-16-10-5-2-6-11-16/h2,5-6,10-11,15,17H,1,3-4,7-9,12-14,19H2,(H,20,21). The minimum absolute atomic E-state index is 0.0951. The number of carbonyl (C=O) groups excluding carboxylic acids is 1. The molecular formula is C18H28N2O2. The first kappa shape index (κ1) is 16.8. The van der Waals surface area contributed by atoms with Gasteiger partial charge in [0.15, 0.2) is 0 Å². The number of carbonyl (C=O) groups is 1. The molecule has 0 aromatic heterocycles. The number of para-hydroxylation sites is 1. The summed E-state index contributed by atoms with van der Waals surface area (Å²) in [5.41, 5.74) is 5.84. The van der Waals surface area contributed by atoms with Gasteiger partial charge in [0.25, 0.3) is 0 Å². The fourth-order valence-corrected chi connectivity index (χ4v) is 3.12. The van der Waals surface area contributed by atoms with Crippen LogP contribution in [-0.4, -0.2) is 25.1 Å². The predicted molar refractivity (Wildman–Crippen MR) is 88.7 cm³/mol. The minimum Gasteiger partial charge on any atom is -0.494 e. The molecule has 122 valence electrons. The van der Waals surface area contributed by atoms with Gasteiger partial charge in [0.1, 0.15) is 5.75 Å². The van der Waals surface area contributed by atoms with E-state index in [2.05, 4.69) is 5.32 Å². The molecule has 0 spiro atoms. The minimum atomic E-state index is 0.0951. The number of benzene rings is 1. The average molecular weight is 304 g/mol. The van der Waals surface area contributed by atoms with E-state index in [1.54, 1.807) is 0 Å². The van der Waals surface area contributed by atoms with Crippen LogP contribution < -0.4 is 15.8 Å². The first-order valence-corrected chi connectivity index (χ1v) is 8.47. The molecule has 1 unspecified atom stereocenters. The monoisotopic (exact) mass is 304 g/mol. The smallest absolute Gasteiger partial charge is 0.220 e. The molecular weight excluding hydrogens is 276 g/mol. The molecule has 22 heavy (non-hydrogen) atoms. The highest BCUT2D eigenvalue weighted by Crippen LogP contribution is 2.26. The number of nitrogens with two attached hydrogens (primary N) is 1. The van der Waals surface area contributed by atoms with Crippen molar-refractivity contribution in [2.75, 3.05) is 13.2 Å². The summed E-state index contributed by atoms with van der Waals surface area (Å²) in [6.07, 6.45) is 7.46. The zero-order valence-electron chi connectivity index (χ0n) is 13.3. The zero-order chi connectivity index (χ0) is 15.6. The Bertz CT molecular complexity index is 430. The second-order valence-electron chi connectivity index (χ2n) is 6.07. The quantitative estimate of drug-likeness (QED) is 0.726. The number of amides is 1. The first-order valence-electron chi connectivity index (χ1n) is 8.47. The van der Waals surface area contributed by atoms with E-state index >= 15 is 0 Å². The van der Waals surface area contributed by atoms with Crippen molar-refractivity contribution in [2.24, 2.45) is 11.7 Å². The number of hydrogen-bond acceptors (Lipinski definition) is 3. The molecule has 3 N–H and O–H groups in total. The van der Waals surface area contributed by atoms with E-state index < -0.39 is 0 Å². The van der Waals surface area contributed by atoms with Crippen LogP contribution in [0.4, 0.5) is 0 Å². The molecule has 1 aliphatic carbocycles. The van der Waals surface area contributed by atoms with Gasteiger partial charge in [-0.2, -0.15) is 0 Å². The number of rotatable bonds is 8. The summed E-state index contributed by atoms with van der Waals surface area (Å²) in [7, 11) is 0. The van der Waals surface area contributed by atoms with Gasteiger partial charge in [-0.1, -0.05) is 37.5 Å². The van der Waals surface area contributed by atoms with Gasteiger partial charge in [-0.25, -0.2) is 0 Å². The van der Waals surface area contributed by atoms with E-state index in [0.717, 1.165) is 12.2 Å². The van der Waals surface area contributed by atoms with Gasteiger partial charge in [-0.15, -0.1) is 0 Å². The summed E-state index contributed by atoms with van der Waals surface area (Å²) in [4.78, 5) is 12.0. The lowest BCUT2D eigenvalue weighted by Gasteiger charge is -2.30. The van der Waals surface area contributed by atoms with Crippen LogP contribution in [0.2, 0.25) is 0 Å². The molecule has 1 fully saturated rings. The van der Waals surface area contributed by atoms with Crippen LogP contribution in [0, 0.1) is 5.92 Å². The second-order valence-corrected chi connectivity index (χ2v) is 6.07. The lowest BCUT2D eigenvalue weighted by molar-refractivity contribution is -0.122. The van der Waals surface area contributed by atoms with Crippen LogP contribution in [0.3, 0.4) is 0 Å². The summed E-state index contributed by atoms with van der Waals surface area (Å²) in [5.74, 6) is 1.51. The Hall–Kier alpha value is -1.55. The highest BCUT2D eigenvalue weighted by molar-refractivity contribution is 5.76. The fourth-order valence-electron chi connectivity index (χ4n) is 3.12. The van der Waals surface area contributed by atoms with Gasteiger partial charge in [0.05, 0.1) is 6.61 Å². The molecule has 0 saturated heterocycles. The van der Waals surface area contributed by atoms with Crippen LogP contribution in [0.5, 0.6) is 5.75 Å². The molecule has 1 aromatic rings. The normalized spacial score (nSPS) is 17.0. The summed E-state index contributed by atoms with van der Waals surface area (Å²) >= 11 is 0. The molecule has 0 aliphatic heterocycles. The van der Waals surface area contributed by atoms with Crippen molar-refractivity contribution < 1.29 is 9.53 Å². The Morgan fingerprint density at radius 1 is 1.23 bits per heavy atom. The second kappa shape index (κ2) is 9.46. The maximum absolute atomic E-state index is 12.0. The van der Waals surface area contributed by atoms with Crippen LogP contribution in [0.15, 0.2) is 30.3 Å². The number of ether oxygens (including phenoxy) is 1. The van der Waals surface area contributed by atoms with E-state index in [9.17, 15) is 4.79 Å². The van der Waals surface area contributed by atoms with Crippen molar-refractivity contribution in [3.8, 4) is 5.75 Å². The maximum Gasteiger partial charge on any atom is 0.220 e. The third kappa shape index (κ3) is 5.68. The summed E-state index contributed by atoms with van der Waals surface area (Å²) < 4.78 is 5.60. The van der Waals surface area contributed by atoms with Gasteiger partial charge in [-0.05, 0) is 37.3 Å². The Kier molecular flexibility index (Phi) is 7.23. The number of nitrogens with one attached hydrogen (secondary N) is 1. The summed E-state index contributed by atoms with van der Waals surface area (Å²) in [6, 6.07) is 9.83. The molecule has 1 aromatic carbocycles.